The molecule has 1 heterocycles. The summed E-state index contributed by atoms with van der Waals surface area (Å²) in [7, 11) is 0. The standard InChI is InChI=1S/C12H10Cl2N4O/c1-6-3-2-4-7(15)10(6)11(19)17-9-5-8(13)16-12(14)18-9/h2-5H,15H2,1H3,(H,16,17,18,19). The molecule has 0 aliphatic heterocycles. The number of hydrogen-bond donors (Lipinski definition) is 2. The van der Waals surface area contributed by atoms with Gasteiger partial charge in [0, 0.05) is 11.8 Å². The Kier molecular flexibility index (Phi) is 3.87. The highest BCUT2D eigenvalue weighted by Gasteiger charge is 2.14. The van der Waals surface area contributed by atoms with Crippen molar-refractivity contribution in [2.24, 2.45) is 0 Å². The Hall–Kier alpha value is -1.85. The summed E-state index contributed by atoms with van der Waals surface area (Å²) in [4.78, 5) is 19.7. The summed E-state index contributed by atoms with van der Waals surface area (Å²) in [5, 5.41) is 2.69. The first kappa shape index (κ1) is 13.6. The zero-order valence-corrected chi connectivity index (χ0v) is 11.5. The van der Waals surface area contributed by atoms with Gasteiger partial charge in [-0.2, -0.15) is 0 Å². The Morgan fingerprint density at radius 2 is 2.05 bits per heavy atom. The number of nitrogens with two attached hydrogens (primary N) is 1. The number of hydrogen-bond acceptors (Lipinski definition) is 4. The van der Waals surface area contributed by atoms with E-state index < -0.39 is 0 Å². The zero-order chi connectivity index (χ0) is 14.0. The van der Waals surface area contributed by atoms with Crippen LogP contribution in [0.3, 0.4) is 0 Å². The van der Waals surface area contributed by atoms with Crippen molar-refractivity contribution in [3.8, 4) is 0 Å². The third-order valence-electron chi connectivity index (χ3n) is 2.44. The van der Waals surface area contributed by atoms with Crippen LogP contribution in [0.4, 0.5) is 11.5 Å². The van der Waals surface area contributed by atoms with E-state index in [0.29, 0.717) is 11.3 Å². The number of amides is 1. The molecule has 98 valence electrons. The molecule has 7 heteroatoms. The van der Waals surface area contributed by atoms with Gasteiger partial charge in [0.15, 0.2) is 0 Å². The number of benzene rings is 1. The van der Waals surface area contributed by atoms with Crippen molar-refractivity contribution in [3.05, 3.63) is 45.8 Å². The Balaban J connectivity index is 2.31. The van der Waals surface area contributed by atoms with Crippen LogP contribution in [0.5, 0.6) is 0 Å². The molecule has 0 unspecified atom stereocenters. The highest BCUT2D eigenvalue weighted by atomic mass is 35.5. The lowest BCUT2D eigenvalue weighted by molar-refractivity contribution is 0.102. The van der Waals surface area contributed by atoms with Gasteiger partial charge in [0.05, 0.1) is 5.56 Å². The third kappa shape index (κ3) is 3.13. The number of rotatable bonds is 2. The maximum Gasteiger partial charge on any atom is 0.259 e. The number of nitrogens with one attached hydrogen (secondary N) is 1. The van der Waals surface area contributed by atoms with Gasteiger partial charge in [-0.05, 0) is 30.2 Å². The molecule has 1 amide bonds. The second-order valence-corrected chi connectivity index (χ2v) is 4.56. The predicted molar refractivity (Wildman–Crippen MR) is 75.6 cm³/mol. The molecule has 0 bridgehead atoms. The molecule has 0 aliphatic rings. The van der Waals surface area contributed by atoms with Crippen LogP contribution in [0, 0.1) is 6.92 Å². The van der Waals surface area contributed by atoms with E-state index in [4.69, 9.17) is 28.9 Å². The molecule has 1 aromatic heterocycles. The van der Waals surface area contributed by atoms with Gasteiger partial charge >= 0.3 is 0 Å². The minimum atomic E-state index is -0.374. The van der Waals surface area contributed by atoms with Crippen molar-refractivity contribution in [2.75, 3.05) is 11.1 Å². The first-order valence-electron chi connectivity index (χ1n) is 5.34. The predicted octanol–water partition coefficient (Wildman–Crippen LogP) is 2.93. The van der Waals surface area contributed by atoms with Crippen LogP contribution in [0.2, 0.25) is 10.4 Å². The lowest BCUT2D eigenvalue weighted by Crippen LogP contribution is -2.16. The SMILES string of the molecule is Cc1cccc(N)c1C(=O)Nc1cc(Cl)nc(Cl)n1. The van der Waals surface area contributed by atoms with Crippen LogP contribution in [0.1, 0.15) is 15.9 Å². The Bertz CT molecular complexity index is 605. The van der Waals surface area contributed by atoms with E-state index in [-0.39, 0.29) is 22.2 Å². The first-order valence-corrected chi connectivity index (χ1v) is 6.09. The van der Waals surface area contributed by atoms with E-state index in [1.807, 2.05) is 0 Å². The average Bonchev–Trinajstić information content (AvgIpc) is 2.26. The van der Waals surface area contributed by atoms with Gasteiger partial charge in [-0.25, -0.2) is 9.97 Å². The van der Waals surface area contributed by atoms with Crippen molar-refractivity contribution >= 4 is 40.6 Å². The summed E-state index contributed by atoms with van der Waals surface area (Å²) in [5.41, 5.74) is 7.35. The minimum absolute atomic E-state index is 0.0412. The van der Waals surface area contributed by atoms with Crippen LogP contribution in [-0.2, 0) is 0 Å². The van der Waals surface area contributed by atoms with Crippen molar-refractivity contribution < 1.29 is 4.79 Å². The van der Waals surface area contributed by atoms with E-state index in [1.165, 1.54) is 6.07 Å². The van der Waals surface area contributed by atoms with Crippen molar-refractivity contribution in [1.29, 1.82) is 0 Å². The Morgan fingerprint density at radius 3 is 2.68 bits per heavy atom. The summed E-state index contributed by atoms with van der Waals surface area (Å²) < 4.78 is 0. The summed E-state index contributed by atoms with van der Waals surface area (Å²) >= 11 is 11.4. The fourth-order valence-electron chi connectivity index (χ4n) is 1.63. The topological polar surface area (TPSA) is 80.9 Å². The molecule has 19 heavy (non-hydrogen) atoms. The van der Waals surface area contributed by atoms with E-state index >= 15 is 0 Å². The van der Waals surface area contributed by atoms with Gasteiger partial charge in [0.1, 0.15) is 11.0 Å². The molecule has 0 radical (unpaired) electrons. The van der Waals surface area contributed by atoms with Gasteiger partial charge in [-0.3, -0.25) is 4.79 Å². The van der Waals surface area contributed by atoms with Crippen LogP contribution >= 0.6 is 23.2 Å². The van der Waals surface area contributed by atoms with Gasteiger partial charge in [-0.15, -0.1) is 0 Å². The molecule has 0 spiro atoms. The van der Waals surface area contributed by atoms with Crippen LogP contribution in [0.15, 0.2) is 24.3 Å². The number of nitrogens with zero attached hydrogens (tertiary/aromatic N) is 2. The molecule has 3 N–H and O–H groups in total. The number of carbonyl (C=O) groups is 1. The van der Waals surface area contributed by atoms with Gasteiger partial charge in [0.2, 0.25) is 5.28 Å². The molecule has 0 aliphatic carbocycles. The highest BCUT2D eigenvalue weighted by molar-refractivity contribution is 6.32. The lowest BCUT2D eigenvalue weighted by atomic mass is 10.1. The quantitative estimate of drug-likeness (QED) is 0.507. The normalized spacial score (nSPS) is 10.3. The van der Waals surface area contributed by atoms with Gasteiger partial charge in [-0.1, -0.05) is 23.7 Å². The second-order valence-electron chi connectivity index (χ2n) is 3.84. The maximum absolute atomic E-state index is 12.1. The van der Waals surface area contributed by atoms with E-state index in [0.717, 1.165) is 5.56 Å². The number of nitrogen functional groups attached to an aromatic ring is 1. The fraction of sp³-hybridized carbons (Fsp3) is 0.0833. The van der Waals surface area contributed by atoms with Gasteiger partial charge in [0.25, 0.3) is 5.91 Å². The third-order valence-corrected chi connectivity index (χ3v) is 2.80. The molecule has 0 fully saturated rings. The number of carbonyl (C=O) groups excluding carboxylic acids is 1. The first-order chi connectivity index (χ1) is 8.97. The van der Waals surface area contributed by atoms with Gasteiger partial charge < -0.3 is 11.1 Å². The molecule has 0 saturated heterocycles. The summed E-state index contributed by atoms with van der Waals surface area (Å²) in [5.74, 6) is -0.154. The molecular weight excluding hydrogens is 287 g/mol. The largest absolute Gasteiger partial charge is 0.398 e. The molecular formula is C12H10Cl2N4O. The zero-order valence-electron chi connectivity index (χ0n) is 9.95. The smallest absolute Gasteiger partial charge is 0.259 e. The Labute approximate surface area is 119 Å². The molecule has 1 aromatic carbocycles. The molecule has 0 saturated carbocycles. The Morgan fingerprint density at radius 1 is 1.32 bits per heavy atom. The van der Waals surface area contributed by atoms with E-state index in [2.05, 4.69) is 15.3 Å². The number of halogens is 2. The van der Waals surface area contributed by atoms with Crippen LogP contribution < -0.4 is 11.1 Å². The van der Waals surface area contributed by atoms with Crippen molar-refractivity contribution in [1.82, 2.24) is 9.97 Å². The number of anilines is 2. The minimum Gasteiger partial charge on any atom is -0.398 e. The van der Waals surface area contributed by atoms with Crippen LogP contribution in [0.25, 0.3) is 0 Å². The summed E-state index contributed by atoms with van der Waals surface area (Å²) in [6, 6.07) is 6.63. The molecule has 2 aromatic rings. The summed E-state index contributed by atoms with van der Waals surface area (Å²) in [6.45, 7) is 1.80. The maximum atomic E-state index is 12.1. The van der Waals surface area contributed by atoms with Crippen LogP contribution in [-0.4, -0.2) is 15.9 Å². The molecule has 0 atom stereocenters. The highest BCUT2D eigenvalue weighted by Crippen LogP contribution is 2.19. The number of aromatic nitrogens is 2. The second kappa shape index (κ2) is 5.42. The monoisotopic (exact) mass is 296 g/mol. The lowest BCUT2D eigenvalue weighted by Gasteiger charge is -2.09. The fourth-order valence-corrected chi connectivity index (χ4v) is 2.04. The molecule has 5 nitrogen and oxygen atoms in total. The van der Waals surface area contributed by atoms with E-state index in [9.17, 15) is 4.79 Å². The van der Waals surface area contributed by atoms with Crippen molar-refractivity contribution in [2.45, 2.75) is 6.92 Å². The average molecular weight is 297 g/mol. The van der Waals surface area contributed by atoms with E-state index in [1.54, 1.807) is 25.1 Å². The molecule has 2 rings (SSSR count). The van der Waals surface area contributed by atoms with Crippen molar-refractivity contribution in [3.63, 3.8) is 0 Å². The number of aryl methyl sites for hydroxylation is 1. The summed E-state index contributed by atoms with van der Waals surface area (Å²) in [6.07, 6.45) is 0.